The smallest absolute Gasteiger partial charge is 0.325 e. The van der Waals surface area contributed by atoms with E-state index in [0.717, 1.165) is 10.6 Å². The summed E-state index contributed by atoms with van der Waals surface area (Å²) < 4.78 is 13.0. The third-order valence-electron chi connectivity index (χ3n) is 6.31. The molecule has 1 aromatic carbocycles. The number of nitrogens with one attached hydrogen (secondary N) is 1. The van der Waals surface area contributed by atoms with Gasteiger partial charge in [-0.2, -0.15) is 0 Å². The molecular weight excluding hydrogens is 436 g/mol. The van der Waals surface area contributed by atoms with Crippen molar-refractivity contribution in [3.8, 4) is 17.3 Å². The summed E-state index contributed by atoms with van der Waals surface area (Å²) in [5.41, 5.74) is 1.20. The Morgan fingerprint density at radius 2 is 1.85 bits per heavy atom. The molecule has 1 fully saturated rings. The number of carbonyl (C=O) groups excluding carboxylic acids is 3. The normalized spacial score (nSPS) is 19.3. The van der Waals surface area contributed by atoms with Crippen LogP contribution in [0, 0.1) is 13.8 Å². The zero-order valence-corrected chi connectivity index (χ0v) is 19.1. The fourth-order valence-corrected chi connectivity index (χ4v) is 4.50. The molecule has 0 saturated carbocycles. The molecule has 34 heavy (non-hydrogen) atoms. The Bertz CT molecular complexity index is 1320. The molecule has 1 atom stereocenters. The molecule has 9 heteroatoms. The highest BCUT2D eigenvalue weighted by molar-refractivity contribution is 6.11. The van der Waals surface area contributed by atoms with Crippen LogP contribution in [0.15, 0.2) is 48.7 Å². The van der Waals surface area contributed by atoms with Gasteiger partial charge in [-0.15, -0.1) is 0 Å². The summed E-state index contributed by atoms with van der Waals surface area (Å²) in [5, 5.41) is 2.74. The fourth-order valence-electron chi connectivity index (χ4n) is 4.50. The fraction of sp³-hybridized carbons (Fsp3) is 0.280. The summed E-state index contributed by atoms with van der Waals surface area (Å²) in [4.78, 5) is 44.7. The first-order valence-corrected chi connectivity index (χ1v) is 11.0. The average Bonchev–Trinajstić information content (AvgIpc) is 3.26. The summed E-state index contributed by atoms with van der Waals surface area (Å²) in [6, 6.07) is 11.8. The molecule has 2 aromatic heterocycles. The van der Waals surface area contributed by atoms with E-state index in [1.165, 1.54) is 0 Å². The van der Waals surface area contributed by atoms with Gasteiger partial charge >= 0.3 is 6.03 Å². The predicted molar refractivity (Wildman–Crippen MR) is 122 cm³/mol. The van der Waals surface area contributed by atoms with E-state index in [1.54, 1.807) is 37.4 Å². The molecule has 2 aliphatic heterocycles. The van der Waals surface area contributed by atoms with Crippen LogP contribution < -0.4 is 14.8 Å². The van der Waals surface area contributed by atoms with Gasteiger partial charge < -0.3 is 19.4 Å². The number of ketones is 1. The highest BCUT2D eigenvalue weighted by Crippen LogP contribution is 2.37. The molecule has 4 heterocycles. The minimum atomic E-state index is -1.32. The maximum absolute atomic E-state index is 13.4. The van der Waals surface area contributed by atoms with Crippen LogP contribution in [0.3, 0.4) is 0 Å². The van der Waals surface area contributed by atoms with Gasteiger partial charge in [0, 0.05) is 23.1 Å². The zero-order valence-electron chi connectivity index (χ0n) is 19.1. The third kappa shape index (κ3) is 3.40. The number of hydrogen-bond donors (Lipinski definition) is 1. The monoisotopic (exact) mass is 460 g/mol. The second kappa shape index (κ2) is 8.02. The molecule has 174 valence electrons. The number of urea groups is 1. The third-order valence-corrected chi connectivity index (χ3v) is 6.31. The van der Waals surface area contributed by atoms with E-state index in [9.17, 15) is 14.4 Å². The summed E-state index contributed by atoms with van der Waals surface area (Å²) in [6.07, 6.45) is 1.68. The van der Waals surface area contributed by atoms with E-state index in [2.05, 4.69) is 10.3 Å². The number of Topliss-reactive ketones (excluding diaryl/α,β-unsaturated/α-hetero) is 1. The van der Waals surface area contributed by atoms with E-state index < -0.39 is 17.5 Å². The van der Waals surface area contributed by atoms with Crippen LogP contribution >= 0.6 is 0 Å². The Morgan fingerprint density at radius 1 is 1.09 bits per heavy atom. The molecule has 0 bridgehead atoms. The predicted octanol–water partition coefficient (Wildman–Crippen LogP) is 2.91. The number of aryl methyl sites for hydroxylation is 1. The number of imide groups is 1. The molecule has 0 radical (unpaired) electrons. The van der Waals surface area contributed by atoms with Crippen molar-refractivity contribution in [1.82, 2.24) is 19.8 Å². The van der Waals surface area contributed by atoms with Gasteiger partial charge in [-0.05, 0) is 56.7 Å². The van der Waals surface area contributed by atoms with Crippen molar-refractivity contribution in [1.29, 1.82) is 0 Å². The molecule has 1 N–H and O–H groups in total. The molecule has 3 aromatic rings. The molecule has 1 saturated heterocycles. The van der Waals surface area contributed by atoms with Crippen molar-refractivity contribution in [2.75, 3.05) is 19.8 Å². The van der Waals surface area contributed by atoms with Crippen molar-refractivity contribution >= 4 is 17.7 Å². The summed E-state index contributed by atoms with van der Waals surface area (Å²) >= 11 is 0. The first kappa shape index (κ1) is 21.7. The Kier molecular flexibility index (Phi) is 5.11. The van der Waals surface area contributed by atoms with E-state index in [0.29, 0.717) is 47.4 Å². The van der Waals surface area contributed by atoms with Gasteiger partial charge in [-0.1, -0.05) is 12.1 Å². The number of benzene rings is 1. The molecule has 0 spiro atoms. The Labute approximate surface area is 196 Å². The SMILES string of the molecule is Cc1cc(C(=O)CN2C(=O)N[C@](C)(c3ccc4c(c3)OCCO4)C2=O)c(C)n1-c1ccccn1. The maximum atomic E-state index is 13.4. The lowest BCUT2D eigenvalue weighted by Gasteiger charge is -2.25. The molecular formula is C25H24N4O5. The van der Waals surface area contributed by atoms with Crippen molar-refractivity contribution in [2.45, 2.75) is 26.3 Å². The van der Waals surface area contributed by atoms with Gasteiger partial charge in [0.15, 0.2) is 17.3 Å². The molecule has 3 amide bonds. The summed E-state index contributed by atoms with van der Waals surface area (Å²) in [7, 11) is 0. The topological polar surface area (TPSA) is 103 Å². The molecule has 0 aliphatic carbocycles. The number of aromatic nitrogens is 2. The summed E-state index contributed by atoms with van der Waals surface area (Å²) in [6.45, 7) is 5.82. The lowest BCUT2D eigenvalue weighted by Crippen LogP contribution is -2.41. The van der Waals surface area contributed by atoms with Gasteiger partial charge in [0.2, 0.25) is 0 Å². The zero-order chi connectivity index (χ0) is 24.0. The number of nitrogens with zero attached hydrogens (tertiary/aromatic N) is 3. The van der Waals surface area contributed by atoms with E-state index in [-0.39, 0.29) is 12.3 Å². The van der Waals surface area contributed by atoms with Crippen molar-refractivity contribution in [2.24, 2.45) is 0 Å². The van der Waals surface area contributed by atoms with E-state index in [4.69, 9.17) is 9.47 Å². The number of rotatable bonds is 5. The summed E-state index contributed by atoms with van der Waals surface area (Å²) in [5.74, 6) is 0.971. The van der Waals surface area contributed by atoms with Crippen LogP contribution in [0.4, 0.5) is 4.79 Å². The van der Waals surface area contributed by atoms with Gasteiger partial charge in [-0.3, -0.25) is 14.5 Å². The highest BCUT2D eigenvalue weighted by Gasteiger charge is 2.50. The quantitative estimate of drug-likeness (QED) is 0.464. The minimum absolute atomic E-state index is 0.329. The number of hydrogen-bond acceptors (Lipinski definition) is 6. The largest absolute Gasteiger partial charge is 0.486 e. The average molecular weight is 460 g/mol. The Hall–Kier alpha value is -4.14. The van der Waals surface area contributed by atoms with Crippen LogP contribution in [0.25, 0.3) is 5.82 Å². The second-order valence-electron chi connectivity index (χ2n) is 8.54. The molecule has 2 aliphatic rings. The number of amides is 3. The van der Waals surface area contributed by atoms with Gasteiger partial charge in [0.1, 0.15) is 24.6 Å². The van der Waals surface area contributed by atoms with Crippen molar-refractivity contribution < 1.29 is 23.9 Å². The first-order valence-electron chi connectivity index (χ1n) is 11.0. The highest BCUT2D eigenvalue weighted by atomic mass is 16.6. The molecule has 9 nitrogen and oxygen atoms in total. The van der Waals surface area contributed by atoms with Gasteiger partial charge in [0.05, 0.1) is 6.54 Å². The second-order valence-corrected chi connectivity index (χ2v) is 8.54. The number of ether oxygens (including phenoxy) is 2. The van der Waals surface area contributed by atoms with Crippen LogP contribution in [-0.2, 0) is 10.3 Å². The van der Waals surface area contributed by atoms with Crippen LogP contribution in [0.2, 0.25) is 0 Å². The van der Waals surface area contributed by atoms with E-state index >= 15 is 0 Å². The van der Waals surface area contributed by atoms with Crippen LogP contribution in [-0.4, -0.2) is 51.9 Å². The van der Waals surface area contributed by atoms with E-state index in [1.807, 2.05) is 36.6 Å². The Morgan fingerprint density at radius 3 is 2.59 bits per heavy atom. The van der Waals surface area contributed by atoms with Crippen molar-refractivity contribution in [3.63, 3.8) is 0 Å². The van der Waals surface area contributed by atoms with Gasteiger partial charge in [0.25, 0.3) is 5.91 Å². The number of fused-ring (bicyclic) bond motifs is 1. The van der Waals surface area contributed by atoms with Crippen LogP contribution in [0.1, 0.15) is 34.2 Å². The first-order chi connectivity index (χ1) is 16.3. The minimum Gasteiger partial charge on any atom is -0.486 e. The van der Waals surface area contributed by atoms with Crippen molar-refractivity contribution in [3.05, 3.63) is 71.2 Å². The maximum Gasteiger partial charge on any atom is 0.325 e. The number of pyridine rings is 1. The number of carbonyl (C=O) groups is 3. The van der Waals surface area contributed by atoms with Gasteiger partial charge in [-0.25, -0.2) is 9.78 Å². The lowest BCUT2D eigenvalue weighted by atomic mass is 9.91. The molecule has 0 unspecified atom stereocenters. The standard InChI is InChI=1S/C25H24N4O5/c1-15-12-18(16(2)29(15)22-6-4-5-9-26-22)19(30)14-28-23(31)25(3,27-24(28)32)17-7-8-20-21(13-17)34-11-10-33-20/h4-9,12-13H,10-11,14H2,1-3H3,(H,27,32)/t25-/m1/s1. The van der Waals surface area contributed by atoms with Crippen LogP contribution in [0.5, 0.6) is 11.5 Å². The Balaban J connectivity index is 1.40. The molecule has 5 rings (SSSR count). The lowest BCUT2D eigenvalue weighted by molar-refractivity contribution is -0.130.